The van der Waals surface area contributed by atoms with Crippen molar-refractivity contribution in [3.63, 3.8) is 0 Å². The average Bonchev–Trinajstić information content (AvgIpc) is 2.02. The monoisotopic (exact) mass is 170 g/mol. The molecule has 0 bridgehead atoms. The van der Waals surface area contributed by atoms with E-state index in [4.69, 9.17) is 0 Å². The van der Waals surface area contributed by atoms with Gasteiger partial charge in [-0.1, -0.05) is 13.5 Å². The molecule has 0 saturated carbocycles. The van der Waals surface area contributed by atoms with Crippen LogP contribution >= 0.6 is 0 Å². The van der Waals surface area contributed by atoms with E-state index < -0.39 is 0 Å². The number of hydrogen-bond donors (Lipinski definition) is 1. The lowest BCUT2D eigenvalue weighted by atomic mass is 10.2. The smallest absolute Gasteiger partial charge is 0.243 e. The number of rotatable bonds is 5. The topological polar surface area (TPSA) is 32.3 Å². The van der Waals surface area contributed by atoms with Crippen LogP contribution in [-0.2, 0) is 4.79 Å². The molecule has 0 spiro atoms. The van der Waals surface area contributed by atoms with Gasteiger partial charge in [0.05, 0.1) is 0 Å². The number of nitrogens with one attached hydrogen (secondary N) is 1. The van der Waals surface area contributed by atoms with Gasteiger partial charge < -0.3 is 10.2 Å². The molecule has 1 atom stereocenters. The molecular formula is C9H18N2O. The molecule has 70 valence electrons. The standard InChI is InChI=1S/C9H18N2O/c1-5-8(7-11(3)4)10-9(12)6-2/h6,8H,2,5,7H2,1,3-4H3,(H,10,12). The van der Waals surface area contributed by atoms with E-state index in [1.807, 2.05) is 14.1 Å². The van der Waals surface area contributed by atoms with Gasteiger partial charge in [0.15, 0.2) is 0 Å². The molecule has 0 radical (unpaired) electrons. The molecule has 3 heteroatoms. The first-order chi connectivity index (χ1) is 5.60. The largest absolute Gasteiger partial charge is 0.349 e. The average molecular weight is 170 g/mol. The van der Waals surface area contributed by atoms with Crippen molar-refractivity contribution in [2.75, 3.05) is 20.6 Å². The van der Waals surface area contributed by atoms with Crippen LogP contribution in [0.5, 0.6) is 0 Å². The Balaban J connectivity index is 3.82. The third-order valence-corrected chi connectivity index (χ3v) is 1.61. The van der Waals surface area contributed by atoms with Gasteiger partial charge in [0, 0.05) is 12.6 Å². The SMILES string of the molecule is C=CC(=O)NC(CC)CN(C)C. The quantitative estimate of drug-likeness (QED) is 0.614. The number of likely N-dealkylation sites (N-methyl/N-ethyl adjacent to an activating group) is 1. The van der Waals surface area contributed by atoms with Crippen LogP contribution in [0, 0.1) is 0 Å². The van der Waals surface area contributed by atoms with Gasteiger partial charge in [-0.2, -0.15) is 0 Å². The van der Waals surface area contributed by atoms with Crippen LogP contribution in [0.15, 0.2) is 12.7 Å². The van der Waals surface area contributed by atoms with Crippen LogP contribution in [0.3, 0.4) is 0 Å². The van der Waals surface area contributed by atoms with E-state index in [-0.39, 0.29) is 11.9 Å². The van der Waals surface area contributed by atoms with Crippen molar-refractivity contribution in [1.82, 2.24) is 10.2 Å². The number of carbonyl (C=O) groups excluding carboxylic acids is 1. The molecule has 0 saturated heterocycles. The zero-order chi connectivity index (χ0) is 9.56. The highest BCUT2D eigenvalue weighted by Crippen LogP contribution is 1.92. The summed E-state index contributed by atoms with van der Waals surface area (Å²) < 4.78 is 0. The summed E-state index contributed by atoms with van der Waals surface area (Å²) >= 11 is 0. The zero-order valence-electron chi connectivity index (χ0n) is 8.13. The van der Waals surface area contributed by atoms with E-state index in [0.29, 0.717) is 0 Å². The molecule has 0 aromatic carbocycles. The van der Waals surface area contributed by atoms with Crippen molar-refractivity contribution in [3.8, 4) is 0 Å². The molecule has 0 aliphatic heterocycles. The van der Waals surface area contributed by atoms with Gasteiger partial charge >= 0.3 is 0 Å². The highest BCUT2D eigenvalue weighted by Gasteiger charge is 2.08. The molecule has 1 unspecified atom stereocenters. The summed E-state index contributed by atoms with van der Waals surface area (Å²) in [6, 6.07) is 0.227. The molecule has 0 heterocycles. The van der Waals surface area contributed by atoms with E-state index in [9.17, 15) is 4.79 Å². The minimum absolute atomic E-state index is 0.0938. The van der Waals surface area contributed by atoms with Gasteiger partial charge in [-0.15, -0.1) is 0 Å². The first kappa shape index (κ1) is 11.2. The maximum atomic E-state index is 10.9. The van der Waals surface area contributed by atoms with Crippen molar-refractivity contribution in [2.45, 2.75) is 19.4 Å². The first-order valence-corrected chi connectivity index (χ1v) is 4.17. The zero-order valence-corrected chi connectivity index (χ0v) is 8.13. The van der Waals surface area contributed by atoms with E-state index in [1.165, 1.54) is 6.08 Å². The Morgan fingerprint density at radius 1 is 1.67 bits per heavy atom. The first-order valence-electron chi connectivity index (χ1n) is 4.17. The van der Waals surface area contributed by atoms with Crippen LogP contribution in [-0.4, -0.2) is 37.5 Å². The van der Waals surface area contributed by atoms with Gasteiger partial charge in [-0.25, -0.2) is 0 Å². The predicted octanol–water partition coefficient (Wildman–Crippen LogP) is 0.629. The second-order valence-electron chi connectivity index (χ2n) is 3.08. The summed E-state index contributed by atoms with van der Waals surface area (Å²) in [7, 11) is 3.98. The van der Waals surface area contributed by atoms with Gasteiger partial charge in [-0.3, -0.25) is 4.79 Å². The summed E-state index contributed by atoms with van der Waals surface area (Å²) in [5.41, 5.74) is 0. The number of hydrogen-bond acceptors (Lipinski definition) is 2. The molecule has 1 N–H and O–H groups in total. The van der Waals surface area contributed by atoms with E-state index >= 15 is 0 Å². The van der Waals surface area contributed by atoms with Crippen molar-refractivity contribution in [2.24, 2.45) is 0 Å². The minimum Gasteiger partial charge on any atom is -0.349 e. The number of nitrogens with zero attached hydrogens (tertiary/aromatic N) is 1. The molecule has 12 heavy (non-hydrogen) atoms. The summed E-state index contributed by atoms with van der Waals surface area (Å²) in [5, 5.41) is 2.85. The van der Waals surface area contributed by atoms with Crippen LogP contribution < -0.4 is 5.32 Å². The summed E-state index contributed by atoms with van der Waals surface area (Å²) in [5.74, 6) is -0.0938. The molecular weight excluding hydrogens is 152 g/mol. The molecule has 0 aromatic rings. The molecule has 0 rings (SSSR count). The molecule has 3 nitrogen and oxygen atoms in total. The van der Waals surface area contributed by atoms with Crippen molar-refractivity contribution < 1.29 is 4.79 Å². The van der Waals surface area contributed by atoms with E-state index in [2.05, 4.69) is 23.7 Å². The Kier molecular flexibility index (Phi) is 5.37. The fourth-order valence-corrected chi connectivity index (χ4v) is 0.978. The predicted molar refractivity (Wildman–Crippen MR) is 51.0 cm³/mol. The van der Waals surface area contributed by atoms with Crippen LogP contribution in [0.25, 0.3) is 0 Å². The van der Waals surface area contributed by atoms with Crippen LogP contribution in [0.2, 0.25) is 0 Å². The number of carbonyl (C=O) groups is 1. The Hall–Kier alpha value is -0.830. The lowest BCUT2D eigenvalue weighted by molar-refractivity contribution is -0.117. The second-order valence-corrected chi connectivity index (χ2v) is 3.08. The van der Waals surface area contributed by atoms with Gasteiger partial charge in [-0.05, 0) is 26.6 Å². The number of amides is 1. The lowest BCUT2D eigenvalue weighted by Gasteiger charge is -2.19. The third-order valence-electron chi connectivity index (χ3n) is 1.61. The van der Waals surface area contributed by atoms with Crippen LogP contribution in [0.1, 0.15) is 13.3 Å². The normalized spacial score (nSPS) is 12.7. The van der Waals surface area contributed by atoms with Crippen LogP contribution in [0.4, 0.5) is 0 Å². The van der Waals surface area contributed by atoms with E-state index in [1.54, 1.807) is 0 Å². The summed E-state index contributed by atoms with van der Waals surface area (Å²) in [6.07, 6.45) is 2.25. The Bertz CT molecular complexity index is 155. The maximum Gasteiger partial charge on any atom is 0.243 e. The highest BCUT2D eigenvalue weighted by atomic mass is 16.1. The molecule has 0 aliphatic carbocycles. The molecule has 0 aromatic heterocycles. The fraction of sp³-hybridized carbons (Fsp3) is 0.667. The fourth-order valence-electron chi connectivity index (χ4n) is 0.978. The van der Waals surface area contributed by atoms with Crippen molar-refractivity contribution >= 4 is 5.91 Å². The van der Waals surface area contributed by atoms with Gasteiger partial charge in [0.2, 0.25) is 5.91 Å². The van der Waals surface area contributed by atoms with Crippen molar-refractivity contribution in [3.05, 3.63) is 12.7 Å². The minimum atomic E-state index is -0.0938. The van der Waals surface area contributed by atoms with Gasteiger partial charge in [0.1, 0.15) is 0 Å². The molecule has 0 fully saturated rings. The Morgan fingerprint density at radius 3 is 2.58 bits per heavy atom. The molecule has 1 amide bonds. The molecule has 0 aliphatic rings. The summed E-state index contributed by atoms with van der Waals surface area (Å²) in [4.78, 5) is 13.0. The third kappa shape index (κ3) is 4.91. The Morgan fingerprint density at radius 2 is 2.25 bits per heavy atom. The van der Waals surface area contributed by atoms with Crippen molar-refractivity contribution in [1.29, 1.82) is 0 Å². The Labute approximate surface area is 74.4 Å². The lowest BCUT2D eigenvalue weighted by Crippen LogP contribution is -2.40. The maximum absolute atomic E-state index is 10.9. The van der Waals surface area contributed by atoms with Gasteiger partial charge in [0.25, 0.3) is 0 Å². The summed E-state index contributed by atoms with van der Waals surface area (Å²) in [6.45, 7) is 6.33. The highest BCUT2D eigenvalue weighted by molar-refractivity contribution is 5.87. The van der Waals surface area contributed by atoms with E-state index in [0.717, 1.165) is 13.0 Å². The second kappa shape index (κ2) is 5.77.